The molecule has 3 rings (SSSR count). The van der Waals surface area contributed by atoms with Crippen LogP contribution in [0.15, 0.2) is 12.1 Å². The number of benzene rings is 1. The van der Waals surface area contributed by atoms with E-state index in [4.69, 9.17) is 17.3 Å². The van der Waals surface area contributed by atoms with Crippen LogP contribution in [0.25, 0.3) is 11.0 Å². The molecule has 0 amide bonds. The van der Waals surface area contributed by atoms with Crippen LogP contribution < -0.4 is 5.73 Å². The van der Waals surface area contributed by atoms with E-state index in [0.29, 0.717) is 16.7 Å². The molecule has 2 N–H and O–H groups in total. The van der Waals surface area contributed by atoms with Crippen LogP contribution in [-0.2, 0) is 6.54 Å². The highest BCUT2D eigenvalue weighted by atomic mass is 35.5. The van der Waals surface area contributed by atoms with Crippen molar-refractivity contribution in [1.82, 2.24) is 9.55 Å². The van der Waals surface area contributed by atoms with Gasteiger partial charge in [0.1, 0.15) is 5.82 Å². The monoisotopic (exact) mass is 299 g/mol. The minimum atomic E-state index is -0.424. The number of anilines is 1. The maximum Gasteiger partial charge on any atom is 0.201 e. The van der Waals surface area contributed by atoms with Gasteiger partial charge >= 0.3 is 0 Å². The Morgan fingerprint density at radius 3 is 3.05 bits per heavy atom. The topological polar surface area (TPSA) is 43.8 Å². The number of hydrogen-bond acceptors (Lipinski definition) is 3. The van der Waals surface area contributed by atoms with E-state index in [1.165, 1.54) is 37.1 Å². The number of halogens is 2. The zero-order valence-electron chi connectivity index (χ0n) is 10.4. The number of nitrogens with two attached hydrogens (primary N) is 1. The molecule has 1 atom stereocenters. The van der Waals surface area contributed by atoms with Gasteiger partial charge in [0.2, 0.25) is 5.95 Å². The first kappa shape index (κ1) is 13.1. The van der Waals surface area contributed by atoms with E-state index < -0.39 is 5.82 Å². The number of aromatic nitrogens is 2. The van der Waals surface area contributed by atoms with Crippen molar-refractivity contribution in [2.24, 2.45) is 0 Å². The fraction of sp³-hybridized carbons (Fsp3) is 0.462. The second-order valence-electron chi connectivity index (χ2n) is 4.82. The van der Waals surface area contributed by atoms with Crippen molar-refractivity contribution in [3.05, 3.63) is 23.0 Å². The molecule has 0 aliphatic carbocycles. The number of rotatable bonds is 2. The summed E-state index contributed by atoms with van der Waals surface area (Å²) in [5, 5.41) is 0.622. The molecule has 2 heterocycles. The third kappa shape index (κ3) is 2.54. The third-order valence-electron chi connectivity index (χ3n) is 3.48. The predicted octanol–water partition coefficient (Wildman–Crippen LogP) is 3.70. The van der Waals surface area contributed by atoms with Crippen LogP contribution in [0, 0.1) is 5.82 Å². The number of imidazole rings is 1. The molecule has 1 unspecified atom stereocenters. The first-order valence-electron chi connectivity index (χ1n) is 6.37. The predicted molar refractivity (Wildman–Crippen MR) is 79.2 cm³/mol. The van der Waals surface area contributed by atoms with E-state index in [0.717, 1.165) is 12.1 Å². The molecule has 1 aromatic carbocycles. The smallest absolute Gasteiger partial charge is 0.201 e. The van der Waals surface area contributed by atoms with E-state index in [1.54, 1.807) is 0 Å². The summed E-state index contributed by atoms with van der Waals surface area (Å²) in [6, 6.07) is 2.96. The van der Waals surface area contributed by atoms with Gasteiger partial charge in [-0.3, -0.25) is 0 Å². The van der Waals surface area contributed by atoms with Gasteiger partial charge in [-0.1, -0.05) is 18.0 Å². The van der Waals surface area contributed by atoms with Crippen molar-refractivity contribution in [3.63, 3.8) is 0 Å². The lowest BCUT2D eigenvalue weighted by molar-refractivity contribution is 0.593. The molecule has 2 aromatic rings. The number of hydrogen-bond donors (Lipinski definition) is 1. The van der Waals surface area contributed by atoms with Gasteiger partial charge in [0, 0.05) is 17.9 Å². The molecule has 19 heavy (non-hydrogen) atoms. The standard InChI is InChI=1S/C13H15ClFN3S/c14-9-5-11-12(6-10(9)15)18(13(16)17-11)7-8-3-1-2-4-19-8/h5-6,8H,1-4,7H2,(H2,16,17). The lowest BCUT2D eigenvalue weighted by atomic mass is 10.2. The van der Waals surface area contributed by atoms with Crippen LogP contribution in [-0.4, -0.2) is 20.6 Å². The second kappa shape index (κ2) is 5.21. The average molecular weight is 300 g/mol. The molecule has 1 saturated heterocycles. The number of fused-ring (bicyclic) bond motifs is 1. The SMILES string of the molecule is Nc1nc2cc(Cl)c(F)cc2n1CC1CCCCS1. The van der Waals surface area contributed by atoms with Crippen molar-refractivity contribution in [2.45, 2.75) is 31.1 Å². The van der Waals surface area contributed by atoms with E-state index in [1.807, 2.05) is 16.3 Å². The van der Waals surface area contributed by atoms with Gasteiger partial charge in [0.25, 0.3) is 0 Å². The minimum Gasteiger partial charge on any atom is -0.369 e. The Morgan fingerprint density at radius 2 is 2.32 bits per heavy atom. The zero-order valence-corrected chi connectivity index (χ0v) is 12.0. The molecule has 0 radical (unpaired) electrons. The molecule has 0 bridgehead atoms. The number of nitrogens with zero attached hydrogens (tertiary/aromatic N) is 2. The second-order valence-corrected chi connectivity index (χ2v) is 6.64. The first-order valence-corrected chi connectivity index (χ1v) is 7.80. The summed E-state index contributed by atoms with van der Waals surface area (Å²) in [4.78, 5) is 4.26. The van der Waals surface area contributed by atoms with Crippen molar-refractivity contribution in [2.75, 3.05) is 11.5 Å². The average Bonchev–Trinajstić information content (AvgIpc) is 2.68. The molecule has 1 aliphatic rings. The largest absolute Gasteiger partial charge is 0.369 e. The van der Waals surface area contributed by atoms with Gasteiger partial charge in [-0.15, -0.1) is 0 Å². The molecule has 102 valence electrons. The summed E-state index contributed by atoms with van der Waals surface area (Å²) in [5.41, 5.74) is 7.33. The molecule has 3 nitrogen and oxygen atoms in total. The van der Waals surface area contributed by atoms with Crippen LogP contribution >= 0.6 is 23.4 Å². The summed E-state index contributed by atoms with van der Waals surface area (Å²) in [6.45, 7) is 0.786. The lowest BCUT2D eigenvalue weighted by Gasteiger charge is -2.22. The molecule has 1 aromatic heterocycles. The summed E-state index contributed by atoms with van der Waals surface area (Å²) < 4.78 is 15.5. The van der Waals surface area contributed by atoms with Gasteiger partial charge in [0.05, 0.1) is 16.1 Å². The van der Waals surface area contributed by atoms with Gasteiger partial charge in [-0.05, 0) is 24.7 Å². The minimum absolute atomic E-state index is 0.0872. The Kier molecular flexibility index (Phi) is 3.58. The van der Waals surface area contributed by atoms with E-state index in [2.05, 4.69) is 4.98 Å². The normalized spacial score (nSPS) is 20.0. The molecule has 0 saturated carbocycles. The van der Waals surface area contributed by atoms with Crippen LogP contribution in [0.1, 0.15) is 19.3 Å². The molecule has 0 spiro atoms. The Hall–Kier alpha value is -0.940. The van der Waals surface area contributed by atoms with Crippen LogP contribution in [0.5, 0.6) is 0 Å². The molecule has 6 heteroatoms. The summed E-state index contributed by atoms with van der Waals surface area (Å²) in [5.74, 6) is 1.20. The highest BCUT2D eigenvalue weighted by Crippen LogP contribution is 2.30. The number of thioether (sulfide) groups is 1. The fourth-order valence-electron chi connectivity index (χ4n) is 2.49. The Morgan fingerprint density at radius 1 is 1.47 bits per heavy atom. The van der Waals surface area contributed by atoms with E-state index >= 15 is 0 Å². The highest BCUT2D eigenvalue weighted by molar-refractivity contribution is 7.99. The first-order chi connectivity index (χ1) is 9.15. The zero-order chi connectivity index (χ0) is 13.4. The Bertz CT molecular complexity index is 607. The van der Waals surface area contributed by atoms with E-state index in [9.17, 15) is 4.39 Å². The molecule has 1 fully saturated rings. The van der Waals surface area contributed by atoms with E-state index in [-0.39, 0.29) is 5.02 Å². The summed E-state index contributed by atoms with van der Waals surface area (Å²) in [6.07, 6.45) is 3.72. The highest BCUT2D eigenvalue weighted by Gasteiger charge is 2.18. The lowest BCUT2D eigenvalue weighted by Crippen LogP contribution is -2.18. The maximum absolute atomic E-state index is 13.6. The van der Waals surface area contributed by atoms with Gasteiger partial charge in [-0.2, -0.15) is 11.8 Å². The maximum atomic E-state index is 13.6. The van der Waals surface area contributed by atoms with Gasteiger partial charge in [0.15, 0.2) is 0 Å². The Balaban J connectivity index is 1.97. The summed E-state index contributed by atoms with van der Waals surface area (Å²) in [7, 11) is 0. The fourth-order valence-corrected chi connectivity index (χ4v) is 3.94. The van der Waals surface area contributed by atoms with Crippen molar-refractivity contribution in [3.8, 4) is 0 Å². The quantitative estimate of drug-likeness (QED) is 0.919. The van der Waals surface area contributed by atoms with Gasteiger partial charge in [-0.25, -0.2) is 9.37 Å². The van der Waals surface area contributed by atoms with Gasteiger partial charge < -0.3 is 10.3 Å². The van der Waals surface area contributed by atoms with Crippen LogP contribution in [0.3, 0.4) is 0 Å². The van der Waals surface area contributed by atoms with Crippen LogP contribution in [0.4, 0.5) is 10.3 Å². The van der Waals surface area contributed by atoms with Crippen LogP contribution in [0.2, 0.25) is 5.02 Å². The third-order valence-corrected chi connectivity index (χ3v) is 5.15. The molecular formula is C13H15ClFN3S. The Labute approximate surface area is 120 Å². The molecular weight excluding hydrogens is 285 g/mol. The number of nitrogen functional groups attached to an aromatic ring is 1. The molecule has 1 aliphatic heterocycles. The summed E-state index contributed by atoms with van der Waals surface area (Å²) >= 11 is 7.73. The van der Waals surface area contributed by atoms with Crippen molar-refractivity contribution in [1.29, 1.82) is 0 Å². The van der Waals surface area contributed by atoms with Crippen molar-refractivity contribution < 1.29 is 4.39 Å². The van der Waals surface area contributed by atoms with Crippen molar-refractivity contribution >= 4 is 40.3 Å².